The molecule has 0 saturated carbocycles. The van der Waals surface area contributed by atoms with E-state index in [9.17, 15) is 10.5 Å². The van der Waals surface area contributed by atoms with Gasteiger partial charge in [0.05, 0.1) is 29.3 Å². The maximum absolute atomic E-state index is 9.23. The fourth-order valence-corrected chi connectivity index (χ4v) is 6.16. The molecule has 0 unspecified atom stereocenters. The standard InChI is InChI=1S/C43H41N15/c1-26-20-27(2)36(28(3)21-26)51-42-55-38(53-40(57-42)49-34-13-9-31(24-45)10-14-34)47-18-7-19-48-39-54-41(50-35-15-11-32(25-46)12-16-35)58-43(56-39)52-37-29(4)22-33(8-6-17-44)23-30(37)5/h6,8-16,20-23H,7,18-19H2,1-5H3,(H3,47,49,51,53,55,57)(H3,48,50,52,54,56,58)/b8-6+. The van der Waals surface area contributed by atoms with Crippen LogP contribution in [0, 0.1) is 68.6 Å². The lowest BCUT2D eigenvalue weighted by molar-refractivity contribution is 0.877. The van der Waals surface area contributed by atoms with Crippen LogP contribution in [0.3, 0.4) is 0 Å². The van der Waals surface area contributed by atoms with Gasteiger partial charge in [0.15, 0.2) is 0 Å². The molecule has 288 valence electrons. The molecule has 2 aromatic heterocycles. The molecule has 0 aliphatic heterocycles. The van der Waals surface area contributed by atoms with Crippen molar-refractivity contribution in [2.45, 2.75) is 41.0 Å². The summed E-state index contributed by atoms with van der Waals surface area (Å²) in [4.78, 5) is 27.9. The topological polar surface area (TPSA) is 221 Å². The molecule has 58 heavy (non-hydrogen) atoms. The van der Waals surface area contributed by atoms with Gasteiger partial charge in [-0.1, -0.05) is 17.7 Å². The second-order valence-corrected chi connectivity index (χ2v) is 13.5. The van der Waals surface area contributed by atoms with E-state index in [0.29, 0.717) is 72.0 Å². The average Bonchev–Trinajstić information content (AvgIpc) is 3.20. The van der Waals surface area contributed by atoms with E-state index in [1.165, 1.54) is 11.6 Å². The van der Waals surface area contributed by atoms with Crippen LogP contribution >= 0.6 is 0 Å². The number of aromatic nitrogens is 6. The van der Waals surface area contributed by atoms with Crippen LogP contribution in [0.1, 0.15) is 50.9 Å². The number of allylic oxidation sites excluding steroid dienone is 1. The molecule has 0 bridgehead atoms. The van der Waals surface area contributed by atoms with Gasteiger partial charge in [0.2, 0.25) is 35.7 Å². The molecule has 0 aliphatic rings. The molecule has 0 fully saturated rings. The van der Waals surface area contributed by atoms with Gasteiger partial charge >= 0.3 is 0 Å². The van der Waals surface area contributed by atoms with Crippen molar-refractivity contribution in [3.05, 3.63) is 123 Å². The number of nitriles is 3. The number of hydrogen-bond acceptors (Lipinski definition) is 15. The van der Waals surface area contributed by atoms with Crippen molar-refractivity contribution < 1.29 is 0 Å². The van der Waals surface area contributed by atoms with Crippen LogP contribution in [0.2, 0.25) is 0 Å². The summed E-state index contributed by atoms with van der Waals surface area (Å²) in [7, 11) is 0. The first-order valence-corrected chi connectivity index (χ1v) is 18.4. The molecule has 6 aromatic rings. The van der Waals surface area contributed by atoms with Crippen molar-refractivity contribution in [1.29, 1.82) is 15.8 Å². The Morgan fingerprint density at radius 2 is 0.879 bits per heavy atom. The maximum Gasteiger partial charge on any atom is 0.233 e. The van der Waals surface area contributed by atoms with Crippen molar-refractivity contribution in [2.24, 2.45) is 0 Å². The number of anilines is 10. The minimum Gasteiger partial charge on any atom is -0.354 e. The zero-order valence-electron chi connectivity index (χ0n) is 32.7. The van der Waals surface area contributed by atoms with Crippen LogP contribution in [0.5, 0.6) is 0 Å². The van der Waals surface area contributed by atoms with Crippen molar-refractivity contribution in [2.75, 3.05) is 45.0 Å². The summed E-state index contributed by atoms with van der Waals surface area (Å²) >= 11 is 0. The zero-order chi connectivity index (χ0) is 41.0. The molecule has 4 aromatic carbocycles. The predicted molar refractivity (Wildman–Crippen MR) is 228 cm³/mol. The molecule has 2 heterocycles. The lowest BCUT2D eigenvalue weighted by atomic mass is 10.0. The fraction of sp³-hybridized carbons (Fsp3) is 0.186. The average molecular weight is 768 g/mol. The van der Waals surface area contributed by atoms with E-state index in [0.717, 1.165) is 44.9 Å². The van der Waals surface area contributed by atoms with Crippen LogP contribution in [0.25, 0.3) is 6.08 Å². The highest BCUT2D eigenvalue weighted by Crippen LogP contribution is 2.28. The van der Waals surface area contributed by atoms with E-state index in [4.69, 9.17) is 5.26 Å². The Balaban J connectivity index is 1.18. The molecule has 6 rings (SSSR count). The third-order valence-corrected chi connectivity index (χ3v) is 8.79. The monoisotopic (exact) mass is 767 g/mol. The highest BCUT2D eigenvalue weighted by atomic mass is 15.3. The van der Waals surface area contributed by atoms with Crippen molar-refractivity contribution in [3.63, 3.8) is 0 Å². The first kappa shape index (κ1) is 39.6. The third-order valence-electron chi connectivity index (χ3n) is 8.79. The van der Waals surface area contributed by atoms with Gasteiger partial charge in [-0.2, -0.15) is 45.7 Å². The Hall–Kier alpha value is -8.09. The van der Waals surface area contributed by atoms with E-state index in [2.05, 4.69) is 93.0 Å². The van der Waals surface area contributed by atoms with Crippen molar-refractivity contribution in [3.8, 4) is 18.2 Å². The number of benzene rings is 4. The molecular weight excluding hydrogens is 727 g/mol. The molecule has 0 saturated heterocycles. The largest absolute Gasteiger partial charge is 0.354 e. The minimum absolute atomic E-state index is 0.304. The van der Waals surface area contributed by atoms with Crippen LogP contribution in [0.15, 0.2) is 78.9 Å². The van der Waals surface area contributed by atoms with Crippen molar-refractivity contribution >= 4 is 64.5 Å². The van der Waals surface area contributed by atoms with Gasteiger partial charge in [0.25, 0.3) is 0 Å². The third kappa shape index (κ3) is 10.6. The number of hydrogen-bond donors (Lipinski definition) is 6. The molecule has 0 atom stereocenters. The van der Waals surface area contributed by atoms with Crippen LogP contribution in [0.4, 0.5) is 58.4 Å². The number of rotatable bonds is 15. The number of aryl methyl sites for hydroxylation is 5. The quantitative estimate of drug-likeness (QED) is 0.0425. The first-order valence-electron chi connectivity index (χ1n) is 18.4. The summed E-state index contributed by atoms with van der Waals surface area (Å²) in [5, 5.41) is 47.2. The maximum atomic E-state index is 9.23. The number of nitrogens with one attached hydrogen (secondary N) is 6. The predicted octanol–water partition coefficient (Wildman–Crippen LogP) is 8.77. The molecule has 15 nitrogen and oxygen atoms in total. The smallest absolute Gasteiger partial charge is 0.233 e. The summed E-state index contributed by atoms with van der Waals surface area (Å²) in [5.74, 6) is 2.05. The van der Waals surface area contributed by atoms with Crippen LogP contribution in [-0.4, -0.2) is 43.0 Å². The van der Waals surface area contributed by atoms with Gasteiger partial charge in [0, 0.05) is 41.9 Å². The Morgan fingerprint density at radius 3 is 1.28 bits per heavy atom. The molecule has 0 spiro atoms. The Morgan fingerprint density at radius 1 is 0.500 bits per heavy atom. The lowest BCUT2D eigenvalue weighted by Crippen LogP contribution is -2.15. The van der Waals surface area contributed by atoms with E-state index >= 15 is 0 Å². The van der Waals surface area contributed by atoms with Gasteiger partial charge in [-0.15, -0.1) is 0 Å². The van der Waals surface area contributed by atoms with Crippen LogP contribution < -0.4 is 31.9 Å². The minimum atomic E-state index is 0.304. The normalized spacial score (nSPS) is 10.6. The van der Waals surface area contributed by atoms with Crippen LogP contribution in [-0.2, 0) is 0 Å². The summed E-state index contributed by atoms with van der Waals surface area (Å²) in [5.41, 5.74) is 10.4. The Bertz CT molecular complexity index is 2530. The SMILES string of the molecule is Cc1cc(C)c(Nc2nc(NCCCNc3nc(Nc4ccc(C#N)cc4)nc(Nc4c(C)cc(/C=C/C#N)cc4C)n3)nc(Nc3ccc(C#N)cc3)n2)c(C)c1. The molecule has 0 aliphatic carbocycles. The molecule has 6 N–H and O–H groups in total. The first-order chi connectivity index (χ1) is 28.1. The highest BCUT2D eigenvalue weighted by molar-refractivity contribution is 5.69. The van der Waals surface area contributed by atoms with Gasteiger partial charge in [-0.3, -0.25) is 0 Å². The Labute approximate surface area is 337 Å². The van der Waals surface area contributed by atoms with E-state index in [-0.39, 0.29) is 0 Å². The van der Waals surface area contributed by atoms with E-state index in [1.54, 1.807) is 54.6 Å². The lowest BCUT2D eigenvalue weighted by Gasteiger charge is -2.15. The molecule has 0 amide bonds. The highest BCUT2D eigenvalue weighted by Gasteiger charge is 2.13. The molecule has 15 heteroatoms. The van der Waals surface area contributed by atoms with Gasteiger partial charge < -0.3 is 31.9 Å². The van der Waals surface area contributed by atoms with E-state index in [1.807, 2.05) is 45.9 Å². The summed E-state index contributed by atoms with van der Waals surface area (Å²) in [6.45, 7) is 11.1. The second-order valence-electron chi connectivity index (χ2n) is 13.5. The van der Waals surface area contributed by atoms with E-state index < -0.39 is 0 Å². The summed E-state index contributed by atoms with van der Waals surface area (Å²) in [6, 6.07) is 28.5. The zero-order valence-corrected chi connectivity index (χ0v) is 32.7. The number of nitrogens with zero attached hydrogens (tertiary/aromatic N) is 9. The summed E-state index contributed by atoms with van der Waals surface area (Å²) < 4.78 is 0. The van der Waals surface area contributed by atoms with Crippen molar-refractivity contribution in [1.82, 2.24) is 29.9 Å². The van der Waals surface area contributed by atoms with Gasteiger partial charge in [0.1, 0.15) is 0 Å². The second kappa shape index (κ2) is 18.5. The molecule has 0 radical (unpaired) electrons. The van der Waals surface area contributed by atoms with Gasteiger partial charge in [-0.25, -0.2) is 0 Å². The molecular formula is C43H41N15. The summed E-state index contributed by atoms with van der Waals surface area (Å²) in [6.07, 6.45) is 3.86. The Kier molecular flexibility index (Phi) is 12.6. The fourth-order valence-electron chi connectivity index (χ4n) is 6.16. The van der Waals surface area contributed by atoms with Gasteiger partial charge in [-0.05, 0) is 136 Å².